The number of hydrogen-bond acceptors (Lipinski definition) is 5. The Morgan fingerprint density at radius 3 is 2.80 bits per heavy atom. The summed E-state index contributed by atoms with van der Waals surface area (Å²) in [7, 11) is 0. The van der Waals surface area contributed by atoms with Crippen molar-refractivity contribution < 1.29 is 4.79 Å². The van der Waals surface area contributed by atoms with Gasteiger partial charge in [-0.25, -0.2) is 0 Å². The number of hydrogen-bond donors (Lipinski definition) is 1. The summed E-state index contributed by atoms with van der Waals surface area (Å²) in [5.41, 5.74) is 2.10. The van der Waals surface area contributed by atoms with Gasteiger partial charge in [0.15, 0.2) is 0 Å². The standard InChI is InChI=1S/C13H17N5OS/c1-3-14-12(19)8-9-20-13-15-16-17-18(13)11-6-4-10(2)5-7-11/h4-7H,3,8-9H2,1-2H3,(H,14,19). The molecule has 1 aromatic heterocycles. The van der Waals surface area contributed by atoms with E-state index in [0.717, 1.165) is 5.69 Å². The first-order valence-electron chi connectivity index (χ1n) is 6.45. The Morgan fingerprint density at radius 2 is 2.10 bits per heavy atom. The van der Waals surface area contributed by atoms with Gasteiger partial charge in [-0.3, -0.25) is 4.79 Å². The largest absolute Gasteiger partial charge is 0.356 e. The molecule has 1 aromatic carbocycles. The number of carbonyl (C=O) groups excluding carboxylic acids is 1. The Morgan fingerprint density at radius 1 is 1.35 bits per heavy atom. The second-order valence-electron chi connectivity index (χ2n) is 4.26. The maximum absolute atomic E-state index is 11.4. The number of benzene rings is 1. The zero-order chi connectivity index (χ0) is 14.4. The third-order valence-electron chi connectivity index (χ3n) is 2.65. The van der Waals surface area contributed by atoms with E-state index in [0.29, 0.717) is 23.9 Å². The Bertz CT molecular complexity index is 566. The van der Waals surface area contributed by atoms with E-state index in [9.17, 15) is 4.79 Å². The second kappa shape index (κ2) is 7.04. The fourth-order valence-electron chi connectivity index (χ4n) is 1.64. The molecule has 0 aliphatic rings. The molecule has 0 fully saturated rings. The average molecular weight is 291 g/mol. The average Bonchev–Trinajstić information content (AvgIpc) is 2.88. The van der Waals surface area contributed by atoms with Gasteiger partial charge in [0.1, 0.15) is 0 Å². The van der Waals surface area contributed by atoms with Gasteiger partial charge in [-0.05, 0) is 36.4 Å². The van der Waals surface area contributed by atoms with E-state index in [4.69, 9.17) is 0 Å². The number of amides is 1. The molecule has 1 N–H and O–H groups in total. The lowest BCUT2D eigenvalue weighted by molar-refractivity contribution is -0.120. The minimum atomic E-state index is 0.0503. The zero-order valence-electron chi connectivity index (χ0n) is 11.5. The molecular formula is C13H17N5OS. The van der Waals surface area contributed by atoms with Crippen LogP contribution < -0.4 is 5.32 Å². The molecule has 0 bridgehead atoms. The van der Waals surface area contributed by atoms with Crippen LogP contribution in [0.25, 0.3) is 5.69 Å². The monoisotopic (exact) mass is 291 g/mol. The Kier molecular flexibility index (Phi) is 5.11. The van der Waals surface area contributed by atoms with Crippen LogP contribution in [0, 0.1) is 6.92 Å². The minimum absolute atomic E-state index is 0.0503. The first kappa shape index (κ1) is 14.5. The Balaban J connectivity index is 1.98. The fourth-order valence-corrected chi connectivity index (χ4v) is 2.47. The SMILES string of the molecule is CCNC(=O)CCSc1nnnn1-c1ccc(C)cc1. The molecule has 0 radical (unpaired) electrons. The van der Waals surface area contributed by atoms with E-state index < -0.39 is 0 Å². The van der Waals surface area contributed by atoms with E-state index in [2.05, 4.69) is 20.8 Å². The van der Waals surface area contributed by atoms with Crippen molar-refractivity contribution in [1.82, 2.24) is 25.5 Å². The highest BCUT2D eigenvalue weighted by molar-refractivity contribution is 7.99. The number of nitrogens with one attached hydrogen (secondary N) is 1. The van der Waals surface area contributed by atoms with Gasteiger partial charge in [-0.2, -0.15) is 4.68 Å². The summed E-state index contributed by atoms with van der Waals surface area (Å²) in [6.07, 6.45) is 0.458. The number of thioether (sulfide) groups is 1. The van der Waals surface area contributed by atoms with Crippen molar-refractivity contribution in [3.05, 3.63) is 29.8 Å². The molecule has 2 aromatic rings. The van der Waals surface area contributed by atoms with Gasteiger partial charge in [0.25, 0.3) is 0 Å². The van der Waals surface area contributed by atoms with Crippen LogP contribution in [0.4, 0.5) is 0 Å². The molecule has 106 valence electrons. The van der Waals surface area contributed by atoms with Crippen LogP contribution in [0.1, 0.15) is 18.9 Å². The predicted octanol–water partition coefficient (Wildman–Crippen LogP) is 1.59. The van der Waals surface area contributed by atoms with Gasteiger partial charge in [-0.1, -0.05) is 29.5 Å². The molecule has 0 unspecified atom stereocenters. The van der Waals surface area contributed by atoms with E-state index in [1.807, 2.05) is 38.1 Å². The van der Waals surface area contributed by atoms with E-state index in [1.165, 1.54) is 17.3 Å². The van der Waals surface area contributed by atoms with Crippen LogP contribution in [0.2, 0.25) is 0 Å². The minimum Gasteiger partial charge on any atom is -0.356 e. The summed E-state index contributed by atoms with van der Waals surface area (Å²) >= 11 is 1.47. The summed E-state index contributed by atoms with van der Waals surface area (Å²) in [5, 5.41) is 15.1. The molecule has 0 saturated heterocycles. The van der Waals surface area contributed by atoms with Crippen molar-refractivity contribution in [2.24, 2.45) is 0 Å². The molecule has 0 atom stereocenters. The zero-order valence-corrected chi connectivity index (χ0v) is 12.4. The molecule has 0 spiro atoms. The van der Waals surface area contributed by atoms with Gasteiger partial charge in [-0.15, -0.1) is 5.10 Å². The molecule has 1 heterocycles. The first-order chi connectivity index (χ1) is 9.70. The summed E-state index contributed by atoms with van der Waals surface area (Å²) in [6.45, 7) is 4.60. The summed E-state index contributed by atoms with van der Waals surface area (Å²) < 4.78 is 1.68. The Hall–Kier alpha value is -1.89. The molecule has 0 saturated carbocycles. The van der Waals surface area contributed by atoms with Crippen molar-refractivity contribution in [2.75, 3.05) is 12.3 Å². The Labute approximate surface area is 121 Å². The van der Waals surface area contributed by atoms with Crippen molar-refractivity contribution >= 4 is 17.7 Å². The predicted molar refractivity (Wildman–Crippen MR) is 77.9 cm³/mol. The third-order valence-corrected chi connectivity index (χ3v) is 3.57. The van der Waals surface area contributed by atoms with Crippen molar-refractivity contribution in [2.45, 2.75) is 25.4 Å². The lowest BCUT2D eigenvalue weighted by Gasteiger charge is -2.04. The molecule has 6 nitrogen and oxygen atoms in total. The maximum Gasteiger partial charge on any atom is 0.220 e. The number of rotatable bonds is 6. The number of nitrogens with zero attached hydrogens (tertiary/aromatic N) is 4. The fraction of sp³-hybridized carbons (Fsp3) is 0.385. The van der Waals surface area contributed by atoms with E-state index in [-0.39, 0.29) is 5.91 Å². The van der Waals surface area contributed by atoms with Crippen LogP contribution >= 0.6 is 11.8 Å². The lowest BCUT2D eigenvalue weighted by Crippen LogP contribution is -2.22. The van der Waals surface area contributed by atoms with Gasteiger partial charge in [0.05, 0.1) is 5.69 Å². The molecular weight excluding hydrogens is 274 g/mol. The molecule has 7 heteroatoms. The summed E-state index contributed by atoms with van der Waals surface area (Å²) in [5.74, 6) is 0.701. The van der Waals surface area contributed by atoms with Gasteiger partial charge < -0.3 is 5.32 Å². The highest BCUT2D eigenvalue weighted by Crippen LogP contribution is 2.18. The van der Waals surface area contributed by atoms with Gasteiger partial charge in [0.2, 0.25) is 11.1 Å². The number of aryl methyl sites for hydroxylation is 1. The number of aromatic nitrogens is 4. The smallest absolute Gasteiger partial charge is 0.220 e. The van der Waals surface area contributed by atoms with E-state index in [1.54, 1.807) is 4.68 Å². The third kappa shape index (κ3) is 3.80. The topological polar surface area (TPSA) is 72.7 Å². The number of tetrazole rings is 1. The molecule has 0 aliphatic carbocycles. The summed E-state index contributed by atoms with van der Waals surface area (Å²) in [6, 6.07) is 7.97. The number of carbonyl (C=O) groups is 1. The van der Waals surface area contributed by atoms with Crippen LogP contribution in [0.3, 0.4) is 0 Å². The van der Waals surface area contributed by atoms with Crippen LogP contribution in [-0.2, 0) is 4.79 Å². The van der Waals surface area contributed by atoms with Crippen LogP contribution in [-0.4, -0.2) is 38.4 Å². The van der Waals surface area contributed by atoms with E-state index >= 15 is 0 Å². The van der Waals surface area contributed by atoms with Crippen molar-refractivity contribution in [3.63, 3.8) is 0 Å². The van der Waals surface area contributed by atoms with Gasteiger partial charge in [0, 0.05) is 18.7 Å². The second-order valence-corrected chi connectivity index (χ2v) is 5.32. The highest BCUT2D eigenvalue weighted by Gasteiger charge is 2.09. The quantitative estimate of drug-likeness (QED) is 0.818. The first-order valence-corrected chi connectivity index (χ1v) is 7.44. The normalized spacial score (nSPS) is 10.5. The molecule has 20 heavy (non-hydrogen) atoms. The van der Waals surface area contributed by atoms with Gasteiger partial charge >= 0.3 is 0 Å². The summed E-state index contributed by atoms with van der Waals surface area (Å²) in [4.78, 5) is 11.4. The molecule has 1 amide bonds. The van der Waals surface area contributed by atoms with Crippen molar-refractivity contribution in [1.29, 1.82) is 0 Å². The molecule has 2 rings (SSSR count). The van der Waals surface area contributed by atoms with Crippen LogP contribution in [0.15, 0.2) is 29.4 Å². The highest BCUT2D eigenvalue weighted by atomic mass is 32.2. The van der Waals surface area contributed by atoms with Crippen LogP contribution in [0.5, 0.6) is 0 Å². The molecule has 0 aliphatic heterocycles. The maximum atomic E-state index is 11.4. The van der Waals surface area contributed by atoms with Crippen molar-refractivity contribution in [3.8, 4) is 5.69 Å². The lowest BCUT2D eigenvalue weighted by atomic mass is 10.2.